The minimum Gasteiger partial charge on any atom is -0.357 e. The maximum absolute atomic E-state index is 4.69. The Morgan fingerprint density at radius 2 is 1.94 bits per heavy atom. The smallest absolute Gasteiger partial charge is 0.0739 e. The van der Waals surface area contributed by atoms with Gasteiger partial charge in [-0.05, 0) is 83.1 Å². The summed E-state index contributed by atoms with van der Waals surface area (Å²) in [6.45, 7) is 17.0. The molecule has 1 saturated heterocycles. The monoisotopic (exact) mass is 427 g/mol. The number of piperidine rings is 1. The molecule has 0 amide bonds. The second-order valence-electron chi connectivity index (χ2n) is 9.00. The van der Waals surface area contributed by atoms with Gasteiger partial charge in [0.25, 0.3) is 0 Å². The summed E-state index contributed by atoms with van der Waals surface area (Å²) in [5.41, 5.74) is 9.74. The number of likely N-dealkylation sites (tertiary alicyclic amines) is 1. The molecule has 1 aliphatic rings. The summed E-state index contributed by atoms with van der Waals surface area (Å²) in [7, 11) is 2.20. The van der Waals surface area contributed by atoms with Gasteiger partial charge in [0.1, 0.15) is 0 Å². The first kappa shape index (κ1) is 22.0. The molecule has 0 saturated carbocycles. The van der Waals surface area contributed by atoms with Gasteiger partial charge in [-0.2, -0.15) is 5.10 Å². The molecule has 3 aromatic heterocycles. The highest BCUT2D eigenvalue weighted by molar-refractivity contribution is 5.83. The molecule has 1 aliphatic heterocycles. The Balaban J connectivity index is 1.63. The normalized spacial score (nSPS) is 15.0. The average molecular weight is 428 g/mol. The van der Waals surface area contributed by atoms with Gasteiger partial charge in [-0.1, -0.05) is 24.8 Å². The van der Waals surface area contributed by atoms with E-state index < -0.39 is 0 Å². The van der Waals surface area contributed by atoms with Crippen LogP contribution >= 0.6 is 0 Å². The molecule has 0 radical (unpaired) electrons. The first-order valence-electron chi connectivity index (χ1n) is 11.3. The Morgan fingerprint density at radius 1 is 1.19 bits per heavy atom. The lowest BCUT2D eigenvalue weighted by molar-refractivity contribution is 0.238. The second-order valence-corrected chi connectivity index (χ2v) is 9.00. The van der Waals surface area contributed by atoms with Crippen LogP contribution in [0.3, 0.4) is 0 Å². The van der Waals surface area contributed by atoms with Crippen LogP contribution in [0.5, 0.6) is 0 Å². The third kappa shape index (κ3) is 4.39. The predicted octanol–water partition coefficient (Wildman–Crippen LogP) is 5.79. The maximum Gasteiger partial charge on any atom is 0.0739 e. The fraction of sp³-hybridized carbons (Fsp3) is 0.333. The van der Waals surface area contributed by atoms with Crippen molar-refractivity contribution >= 4 is 22.9 Å². The maximum atomic E-state index is 4.69. The van der Waals surface area contributed by atoms with Crippen LogP contribution < -0.4 is 5.32 Å². The molecule has 1 fully saturated rings. The fourth-order valence-electron chi connectivity index (χ4n) is 4.50. The number of fused-ring (bicyclic) bond motifs is 1. The summed E-state index contributed by atoms with van der Waals surface area (Å²) < 4.78 is 1.86. The number of hydrogen-bond donors (Lipinski definition) is 1. The van der Waals surface area contributed by atoms with E-state index in [9.17, 15) is 0 Å². The van der Waals surface area contributed by atoms with Gasteiger partial charge in [0.05, 0.1) is 23.6 Å². The van der Waals surface area contributed by atoms with Crippen LogP contribution in [0, 0.1) is 12.8 Å². The zero-order valence-corrected chi connectivity index (χ0v) is 19.7. The van der Waals surface area contributed by atoms with Crippen LogP contribution in [0.2, 0.25) is 0 Å². The summed E-state index contributed by atoms with van der Waals surface area (Å²) in [6, 6.07) is 6.35. The second kappa shape index (κ2) is 9.13. The van der Waals surface area contributed by atoms with Crippen molar-refractivity contribution in [1.82, 2.24) is 19.5 Å². The van der Waals surface area contributed by atoms with Gasteiger partial charge < -0.3 is 10.2 Å². The zero-order chi connectivity index (χ0) is 22.8. The van der Waals surface area contributed by atoms with E-state index in [1.807, 2.05) is 36.1 Å². The van der Waals surface area contributed by atoms with E-state index in [1.165, 1.54) is 24.1 Å². The van der Waals surface area contributed by atoms with Gasteiger partial charge >= 0.3 is 0 Å². The van der Waals surface area contributed by atoms with Gasteiger partial charge in [0.15, 0.2) is 0 Å². The Morgan fingerprint density at radius 3 is 2.62 bits per heavy atom. The molecule has 166 valence electrons. The molecule has 5 heteroatoms. The van der Waals surface area contributed by atoms with E-state index in [4.69, 9.17) is 4.98 Å². The molecule has 0 spiro atoms. The number of aryl methyl sites for hydroxylation is 1. The number of nitrogens with zero attached hydrogens (tertiary/aromatic N) is 4. The van der Waals surface area contributed by atoms with Crippen LogP contribution in [0.4, 0.5) is 5.69 Å². The van der Waals surface area contributed by atoms with Gasteiger partial charge in [0, 0.05) is 34.6 Å². The van der Waals surface area contributed by atoms with Gasteiger partial charge in [0.2, 0.25) is 0 Å². The van der Waals surface area contributed by atoms with Crippen LogP contribution in [-0.4, -0.2) is 39.6 Å². The van der Waals surface area contributed by atoms with E-state index >= 15 is 0 Å². The van der Waals surface area contributed by atoms with Gasteiger partial charge in [-0.25, -0.2) is 4.52 Å². The fourth-order valence-corrected chi connectivity index (χ4v) is 4.50. The van der Waals surface area contributed by atoms with Crippen molar-refractivity contribution in [3.63, 3.8) is 0 Å². The molecule has 0 aromatic carbocycles. The number of allylic oxidation sites excluding steroid dienone is 2. The zero-order valence-electron chi connectivity index (χ0n) is 19.7. The van der Waals surface area contributed by atoms with Crippen molar-refractivity contribution in [2.45, 2.75) is 33.6 Å². The molecule has 4 rings (SSSR count). The third-order valence-electron chi connectivity index (χ3n) is 6.48. The lowest BCUT2D eigenvalue weighted by atomic mass is 9.91. The minimum atomic E-state index is 0.561. The Labute approximate surface area is 191 Å². The van der Waals surface area contributed by atoms with Crippen LogP contribution in [0.1, 0.15) is 49.1 Å². The Kier molecular flexibility index (Phi) is 6.28. The van der Waals surface area contributed by atoms with E-state index in [0.717, 1.165) is 52.3 Å². The average Bonchev–Trinajstić information content (AvgIpc) is 3.21. The lowest BCUT2D eigenvalue weighted by Gasteiger charge is -2.32. The van der Waals surface area contributed by atoms with Crippen molar-refractivity contribution in [1.29, 1.82) is 0 Å². The summed E-state index contributed by atoms with van der Waals surface area (Å²) in [5.74, 6) is 0.561. The van der Waals surface area contributed by atoms with E-state index in [0.29, 0.717) is 5.92 Å². The first-order valence-corrected chi connectivity index (χ1v) is 11.3. The highest BCUT2D eigenvalue weighted by atomic mass is 15.2. The van der Waals surface area contributed by atoms with Crippen LogP contribution in [0.25, 0.3) is 17.2 Å². The quantitative estimate of drug-likeness (QED) is 0.541. The summed E-state index contributed by atoms with van der Waals surface area (Å²) in [5, 5.41) is 8.09. The number of nitrogens with one attached hydrogen (secondary N) is 1. The van der Waals surface area contributed by atoms with Crippen molar-refractivity contribution in [2.24, 2.45) is 5.92 Å². The SMILES string of the molecule is C=Cc1cnn2ccc(C(=C)c3cc(NC(=C(C)C)C4CCN(C)CC4)cnc3C)cc12. The number of hydrogen-bond acceptors (Lipinski definition) is 4. The van der Waals surface area contributed by atoms with Crippen molar-refractivity contribution < 1.29 is 0 Å². The molecule has 32 heavy (non-hydrogen) atoms. The van der Waals surface area contributed by atoms with Crippen molar-refractivity contribution in [3.05, 3.63) is 83.6 Å². The molecule has 0 aliphatic carbocycles. The van der Waals surface area contributed by atoms with E-state index in [2.05, 4.69) is 67.6 Å². The number of pyridine rings is 2. The first-order chi connectivity index (χ1) is 15.4. The predicted molar refractivity (Wildman–Crippen MR) is 135 cm³/mol. The largest absolute Gasteiger partial charge is 0.357 e. The molecule has 3 aromatic rings. The lowest BCUT2D eigenvalue weighted by Crippen LogP contribution is -2.32. The standard InChI is InChI=1S/C27H33N5/c1-7-21-16-29-32-13-10-23(14-26(21)32)19(4)25-15-24(17-28-20(25)5)30-27(18(2)3)22-8-11-31(6)12-9-22/h7,10,13-17,22,30H,1,4,8-9,11-12H2,2-3,5-6H3. The number of rotatable bonds is 6. The summed E-state index contributed by atoms with van der Waals surface area (Å²) >= 11 is 0. The summed E-state index contributed by atoms with van der Waals surface area (Å²) in [4.78, 5) is 7.10. The molecule has 0 bridgehead atoms. The van der Waals surface area contributed by atoms with Gasteiger partial charge in [-0.3, -0.25) is 4.98 Å². The molecule has 5 nitrogen and oxygen atoms in total. The van der Waals surface area contributed by atoms with E-state index in [-0.39, 0.29) is 0 Å². The molecular weight excluding hydrogens is 394 g/mol. The molecular formula is C27H33N5. The molecule has 4 heterocycles. The Bertz CT molecular complexity index is 1190. The van der Waals surface area contributed by atoms with Crippen LogP contribution in [0.15, 0.2) is 61.2 Å². The van der Waals surface area contributed by atoms with Crippen LogP contribution in [-0.2, 0) is 0 Å². The van der Waals surface area contributed by atoms with Gasteiger partial charge in [-0.15, -0.1) is 0 Å². The third-order valence-corrected chi connectivity index (χ3v) is 6.48. The van der Waals surface area contributed by atoms with E-state index in [1.54, 1.807) is 0 Å². The number of aromatic nitrogens is 3. The molecule has 0 unspecified atom stereocenters. The highest BCUT2D eigenvalue weighted by Gasteiger charge is 2.22. The Hall–Kier alpha value is -3.18. The van der Waals surface area contributed by atoms with Crippen molar-refractivity contribution in [2.75, 3.05) is 25.5 Å². The van der Waals surface area contributed by atoms with Crippen molar-refractivity contribution in [3.8, 4) is 0 Å². The topological polar surface area (TPSA) is 45.5 Å². The molecule has 1 N–H and O–H groups in total. The summed E-state index contributed by atoms with van der Waals surface area (Å²) in [6.07, 6.45) is 9.92. The number of anilines is 1. The highest BCUT2D eigenvalue weighted by Crippen LogP contribution is 2.31. The molecule has 0 atom stereocenters. The minimum absolute atomic E-state index is 0.561.